The zero-order chi connectivity index (χ0) is 19.5. The summed E-state index contributed by atoms with van der Waals surface area (Å²) < 4.78 is 184. The lowest BCUT2D eigenvalue weighted by Crippen LogP contribution is -2.71. The molecule has 0 aromatic carbocycles. The van der Waals surface area contributed by atoms with Crippen LogP contribution in [0.3, 0.4) is 0 Å². The first-order chi connectivity index (χ1) is 9.50. The third kappa shape index (κ3) is 2.77. The van der Waals surface area contributed by atoms with Crippen LogP contribution in [0.5, 0.6) is 0 Å². The molecule has 0 N–H and O–H groups in total. The first-order valence-corrected chi connectivity index (χ1v) is 4.90. The summed E-state index contributed by atoms with van der Waals surface area (Å²) in [7, 11) is 0. The quantitative estimate of drug-likeness (QED) is 0.425. The van der Waals surface area contributed by atoms with Crippen LogP contribution in [0.1, 0.15) is 0 Å². The molecule has 1 atom stereocenters. The molecular formula is C7ClF15. The smallest absolute Gasteiger partial charge is 0.209 e. The second-order valence-electron chi connectivity index (χ2n) is 3.87. The lowest BCUT2D eigenvalue weighted by Gasteiger charge is -2.40. The Labute approximate surface area is 120 Å². The van der Waals surface area contributed by atoms with Gasteiger partial charge in [-0.3, -0.25) is 0 Å². The van der Waals surface area contributed by atoms with Gasteiger partial charge in [-0.2, -0.15) is 61.5 Å². The van der Waals surface area contributed by atoms with E-state index in [1.54, 1.807) is 0 Å². The van der Waals surface area contributed by atoms with Gasteiger partial charge in [0.1, 0.15) is 0 Å². The molecule has 23 heavy (non-hydrogen) atoms. The highest BCUT2D eigenvalue weighted by molar-refractivity contribution is 6.24. The van der Waals surface area contributed by atoms with E-state index in [2.05, 4.69) is 11.6 Å². The van der Waals surface area contributed by atoms with Gasteiger partial charge in [0, 0.05) is 0 Å². The number of hydrogen-bond acceptors (Lipinski definition) is 0. The number of rotatable bonds is 4. The normalized spacial score (nSPS) is 18.8. The van der Waals surface area contributed by atoms with Gasteiger partial charge in [-0.25, -0.2) is 4.39 Å². The zero-order valence-electron chi connectivity index (χ0n) is 9.55. The molecule has 0 aliphatic heterocycles. The number of hydrogen-bond donors (Lipinski definition) is 0. The predicted molar refractivity (Wildman–Crippen MR) is 41.6 cm³/mol. The molecule has 0 rings (SSSR count). The Kier molecular flexibility index (Phi) is 4.95. The van der Waals surface area contributed by atoms with Crippen molar-refractivity contribution >= 4 is 11.6 Å². The molecule has 0 bridgehead atoms. The third-order valence-electron chi connectivity index (χ3n) is 2.29. The van der Waals surface area contributed by atoms with Crippen LogP contribution in [0.25, 0.3) is 0 Å². The summed E-state index contributed by atoms with van der Waals surface area (Å²) in [6.45, 7) is 0. The Morgan fingerprint density at radius 2 is 0.609 bits per heavy atom. The fraction of sp³-hybridized carbons (Fsp3) is 1.00. The average molecular weight is 404 g/mol. The van der Waals surface area contributed by atoms with E-state index in [-0.39, 0.29) is 0 Å². The minimum atomic E-state index is -8.19. The maximum Gasteiger partial charge on any atom is 0.460 e. The third-order valence-corrected chi connectivity index (χ3v) is 2.74. The topological polar surface area (TPSA) is 0 Å². The first-order valence-electron chi connectivity index (χ1n) is 4.52. The van der Waals surface area contributed by atoms with E-state index in [4.69, 9.17) is 0 Å². The second-order valence-corrected chi connectivity index (χ2v) is 4.39. The maximum atomic E-state index is 12.7. The van der Waals surface area contributed by atoms with Crippen LogP contribution in [-0.2, 0) is 0 Å². The minimum Gasteiger partial charge on any atom is -0.209 e. The highest BCUT2D eigenvalue weighted by atomic mass is 35.5. The van der Waals surface area contributed by atoms with E-state index in [1.165, 1.54) is 0 Å². The van der Waals surface area contributed by atoms with Crippen LogP contribution < -0.4 is 0 Å². The van der Waals surface area contributed by atoms with Crippen molar-refractivity contribution in [3.63, 3.8) is 0 Å². The molecule has 0 spiro atoms. The van der Waals surface area contributed by atoms with Gasteiger partial charge < -0.3 is 0 Å². The van der Waals surface area contributed by atoms with Gasteiger partial charge in [-0.15, -0.1) is 0 Å². The average Bonchev–Trinajstić information content (AvgIpc) is 2.24. The van der Waals surface area contributed by atoms with Crippen LogP contribution in [0.2, 0.25) is 0 Å². The zero-order valence-corrected chi connectivity index (χ0v) is 10.3. The van der Waals surface area contributed by atoms with Crippen LogP contribution in [0.15, 0.2) is 0 Å². The van der Waals surface area contributed by atoms with Crippen molar-refractivity contribution in [1.82, 2.24) is 0 Å². The molecule has 0 saturated carbocycles. The molecule has 0 saturated heterocycles. The standard InChI is InChI=1S/C7ClF15/c8-1(9,6(18,19)20)2(10,11)3(12,13)4(14,15)5(16,17)7(21,22)23. The largest absolute Gasteiger partial charge is 0.460 e. The van der Waals surface area contributed by atoms with Crippen molar-refractivity contribution in [2.45, 2.75) is 41.2 Å². The maximum absolute atomic E-state index is 12.7. The Morgan fingerprint density at radius 3 is 0.826 bits per heavy atom. The summed E-state index contributed by atoms with van der Waals surface area (Å²) >= 11 is 3.38. The molecule has 0 aromatic heterocycles. The van der Waals surface area contributed by atoms with E-state index in [9.17, 15) is 65.9 Å². The molecule has 0 radical (unpaired) electrons. The molecule has 140 valence electrons. The van der Waals surface area contributed by atoms with Crippen LogP contribution in [0.4, 0.5) is 65.9 Å². The lowest BCUT2D eigenvalue weighted by atomic mass is 9.94. The van der Waals surface area contributed by atoms with Gasteiger partial charge in [0.15, 0.2) is 0 Å². The fourth-order valence-corrected chi connectivity index (χ4v) is 1.07. The van der Waals surface area contributed by atoms with Gasteiger partial charge in [-0.1, -0.05) is 11.6 Å². The number of halogens is 16. The van der Waals surface area contributed by atoms with Gasteiger partial charge in [0.2, 0.25) is 0 Å². The lowest BCUT2D eigenvalue weighted by molar-refractivity contribution is -0.437. The van der Waals surface area contributed by atoms with Gasteiger partial charge in [0.05, 0.1) is 0 Å². The highest BCUT2D eigenvalue weighted by Gasteiger charge is 2.92. The minimum absolute atomic E-state index is 3.38. The molecule has 1 unspecified atom stereocenters. The van der Waals surface area contributed by atoms with Gasteiger partial charge in [-0.05, 0) is 0 Å². The Hall–Kier alpha value is -0.760. The Morgan fingerprint density at radius 1 is 0.348 bits per heavy atom. The van der Waals surface area contributed by atoms with E-state index in [0.29, 0.717) is 0 Å². The summed E-state index contributed by atoms with van der Waals surface area (Å²) in [6.07, 6.45) is -14.8. The summed E-state index contributed by atoms with van der Waals surface area (Å²) in [5, 5.41) is -7.07. The van der Waals surface area contributed by atoms with Crippen molar-refractivity contribution in [3.05, 3.63) is 0 Å². The molecule has 0 nitrogen and oxygen atoms in total. The number of alkyl halides is 16. The van der Waals surface area contributed by atoms with Crippen molar-refractivity contribution in [2.24, 2.45) is 0 Å². The monoisotopic (exact) mass is 404 g/mol. The highest BCUT2D eigenvalue weighted by Crippen LogP contribution is 2.63. The fourth-order valence-electron chi connectivity index (χ4n) is 0.948. The first kappa shape index (κ1) is 22.2. The Bertz CT molecular complexity index is 400. The molecule has 0 fully saturated rings. The van der Waals surface area contributed by atoms with Gasteiger partial charge in [0.25, 0.3) is 0 Å². The second kappa shape index (κ2) is 5.12. The molecule has 16 heteroatoms. The van der Waals surface area contributed by atoms with Crippen molar-refractivity contribution in [1.29, 1.82) is 0 Å². The van der Waals surface area contributed by atoms with Crippen molar-refractivity contribution in [2.75, 3.05) is 0 Å². The van der Waals surface area contributed by atoms with Gasteiger partial charge >= 0.3 is 41.2 Å². The van der Waals surface area contributed by atoms with E-state index >= 15 is 0 Å². The Balaban J connectivity index is 6.37. The van der Waals surface area contributed by atoms with E-state index in [0.717, 1.165) is 0 Å². The predicted octanol–water partition coefficient (Wildman–Crippen LogP) is 5.56. The summed E-state index contributed by atoms with van der Waals surface area (Å²) in [5.41, 5.74) is 0. The van der Waals surface area contributed by atoms with Crippen molar-refractivity contribution < 1.29 is 65.9 Å². The SMILES string of the molecule is FC(F)(F)C(F)(F)C(F)(F)C(F)(F)C(F)(F)C(F)(Cl)C(F)(F)F. The molecule has 0 aromatic rings. The summed E-state index contributed by atoms with van der Waals surface area (Å²) in [4.78, 5) is 0. The molecule has 0 aliphatic rings. The summed E-state index contributed by atoms with van der Waals surface area (Å²) in [6, 6.07) is 0. The van der Waals surface area contributed by atoms with E-state index < -0.39 is 41.2 Å². The van der Waals surface area contributed by atoms with Crippen LogP contribution in [0, 0.1) is 0 Å². The molecular weight excluding hydrogens is 404 g/mol. The molecule has 0 aliphatic carbocycles. The summed E-state index contributed by atoms with van der Waals surface area (Å²) in [5.74, 6) is -32.2. The van der Waals surface area contributed by atoms with Crippen LogP contribution in [-0.4, -0.2) is 41.2 Å². The van der Waals surface area contributed by atoms with Crippen LogP contribution >= 0.6 is 11.6 Å². The molecule has 0 heterocycles. The van der Waals surface area contributed by atoms with Crippen molar-refractivity contribution in [3.8, 4) is 0 Å². The molecule has 0 amide bonds. The van der Waals surface area contributed by atoms with E-state index in [1.807, 2.05) is 0 Å².